The van der Waals surface area contributed by atoms with Gasteiger partial charge in [-0.1, -0.05) is 31.6 Å². The molecule has 7 N–H and O–H groups in total. The number of nitrogens with one attached hydrogen (secondary N) is 3. The number of H-pyrrole nitrogens is 1. The highest BCUT2D eigenvalue weighted by atomic mass is 14.9. The zero-order chi connectivity index (χ0) is 21.8. The first kappa shape index (κ1) is 23.8. The molecule has 0 spiro atoms. The second-order valence-corrected chi connectivity index (χ2v) is 7.47. The topological polar surface area (TPSA) is 91.9 Å². The van der Waals surface area contributed by atoms with Crippen molar-refractivity contribution in [3.8, 4) is 0 Å². The van der Waals surface area contributed by atoms with Gasteiger partial charge in [-0.2, -0.15) is 0 Å². The third kappa shape index (κ3) is 6.78. The monoisotopic (exact) mass is 409 g/mol. The predicted octanol–water partition coefficient (Wildman–Crippen LogP) is 4.54. The average molecular weight is 410 g/mol. The fourth-order valence-corrected chi connectivity index (χ4v) is 3.80. The van der Waals surface area contributed by atoms with E-state index in [0.29, 0.717) is 6.54 Å². The Kier molecular flexibility index (Phi) is 10.3. The maximum atomic E-state index is 6.22. The quantitative estimate of drug-likeness (QED) is 0.239. The van der Waals surface area contributed by atoms with E-state index in [1.54, 1.807) is 5.57 Å². The van der Waals surface area contributed by atoms with Gasteiger partial charge in [0, 0.05) is 41.0 Å². The van der Waals surface area contributed by atoms with Gasteiger partial charge in [-0.05, 0) is 81.7 Å². The number of likely N-dealkylation sites (N-methyl/N-ethyl adjacent to an activating group) is 1. The summed E-state index contributed by atoms with van der Waals surface area (Å²) in [7, 11) is 1.88. The average Bonchev–Trinajstić information content (AvgIpc) is 3.20. The Morgan fingerprint density at radius 3 is 2.73 bits per heavy atom. The third-order valence-corrected chi connectivity index (χ3v) is 5.29. The molecule has 0 radical (unpaired) electrons. The molecule has 1 aliphatic rings. The van der Waals surface area contributed by atoms with Crippen molar-refractivity contribution in [3.05, 3.63) is 65.1 Å². The van der Waals surface area contributed by atoms with Crippen molar-refractivity contribution in [2.24, 2.45) is 11.5 Å². The molecule has 0 fully saturated rings. The number of hydrogen-bond donors (Lipinski definition) is 5. The van der Waals surface area contributed by atoms with Crippen LogP contribution in [0.5, 0.6) is 0 Å². The number of allylic oxidation sites excluding steroid dienone is 3. The molecule has 0 bridgehead atoms. The third-order valence-electron chi connectivity index (χ3n) is 5.29. The van der Waals surface area contributed by atoms with E-state index in [2.05, 4.69) is 46.0 Å². The van der Waals surface area contributed by atoms with Crippen molar-refractivity contribution in [1.29, 1.82) is 0 Å². The summed E-state index contributed by atoms with van der Waals surface area (Å²) >= 11 is 0. The lowest BCUT2D eigenvalue weighted by Crippen LogP contribution is -2.17. The van der Waals surface area contributed by atoms with Gasteiger partial charge in [0.25, 0.3) is 0 Å². The number of rotatable bonds is 9. The lowest BCUT2D eigenvalue weighted by molar-refractivity contribution is 0.632. The molecule has 1 heterocycles. The maximum Gasteiger partial charge on any atom is 0.0483 e. The molecule has 0 saturated carbocycles. The Balaban J connectivity index is 0.00000155. The number of aromatic amines is 1. The van der Waals surface area contributed by atoms with E-state index in [9.17, 15) is 0 Å². The van der Waals surface area contributed by atoms with Gasteiger partial charge >= 0.3 is 0 Å². The van der Waals surface area contributed by atoms with Crippen molar-refractivity contribution in [2.45, 2.75) is 52.5 Å². The normalized spacial score (nSPS) is 15.0. The molecule has 2 aromatic rings. The molecule has 1 aromatic carbocycles. The second kappa shape index (κ2) is 12.9. The molecule has 0 saturated heterocycles. The minimum absolute atomic E-state index is 0.612. The van der Waals surface area contributed by atoms with Gasteiger partial charge in [-0.15, -0.1) is 0 Å². The van der Waals surface area contributed by atoms with Gasteiger partial charge in [0.15, 0.2) is 0 Å². The molecule has 5 nitrogen and oxygen atoms in total. The minimum Gasteiger partial charge on any atom is -0.405 e. The fourth-order valence-electron chi connectivity index (χ4n) is 3.80. The van der Waals surface area contributed by atoms with Crippen molar-refractivity contribution in [1.82, 2.24) is 15.6 Å². The van der Waals surface area contributed by atoms with Crippen LogP contribution in [0.1, 0.15) is 57.2 Å². The van der Waals surface area contributed by atoms with Gasteiger partial charge in [-0.3, -0.25) is 0 Å². The fraction of sp³-hybridized carbons (Fsp3) is 0.440. The summed E-state index contributed by atoms with van der Waals surface area (Å²) in [6.45, 7) is 6.54. The highest BCUT2D eigenvalue weighted by Gasteiger charge is 2.09. The van der Waals surface area contributed by atoms with Crippen molar-refractivity contribution in [2.75, 3.05) is 20.1 Å². The van der Waals surface area contributed by atoms with Crippen LogP contribution in [-0.2, 0) is 6.54 Å². The molecule has 1 aromatic heterocycles. The van der Waals surface area contributed by atoms with Gasteiger partial charge in [-0.25, -0.2) is 0 Å². The zero-order valence-electron chi connectivity index (χ0n) is 18.9. The zero-order valence-corrected chi connectivity index (χ0v) is 18.9. The van der Waals surface area contributed by atoms with Crippen LogP contribution in [0.4, 0.5) is 0 Å². The molecule has 0 aliphatic heterocycles. The van der Waals surface area contributed by atoms with Crippen molar-refractivity contribution >= 4 is 16.5 Å². The van der Waals surface area contributed by atoms with Gasteiger partial charge < -0.3 is 27.1 Å². The Morgan fingerprint density at radius 1 is 1.20 bits per heavy atom. The summed E-state index contributed by atoms with van der Waals surface area (Å²) in [5.74, 6) is 0. The first-order valence-electron chi connectivity index (χ1n) is 11.2. The lowest BCUT2D eigenvalue weighted by atomic mass is 9.97. The van der Waals surface area contributed by atoms with Crippen LogP contribution in [0.3, 0.4) is 0 Å². The standard InChI is InChI=1S/C23H33N5.C2H6/c1-26-16-21(25)20(9-11-24)23-14-19-13-18(7-8-22(19)28-23)15-27-12-10-17-5-3-2-4-6-17;1-2/h5,7-9,11,13-14,26-28H,2-4,6,10,12,15-16,24-25H2,1H3;1-2H3/b11-9-,21-20-;. The summed E-state index contributed by atoms with van der Waals surface area (Å²) in [5, 5.41) is 7.85. The Bertz CT molecular complexity index is 873. The van der Waals surface area contributed by atoms with Gasteiger partial charge in [0.2, 0.25) is 0 Å². The molecule has 1 aliphatic carbocycles. The molecule has 0 atom stereocenters. The molecule has 5 heteroatoms. The Morgan fingerprint density at radius 2 is 2.03 bits per heavy atom. The van der Waals surface area contributed by atoms with Crippen LogP contribution >= 0.6 is 0 Å². The molecule has 3 rings (SSSR count). The summed E-state index contributed by atoms with van der Waals surface area (Å²) in [4.78, 5) is 3.46. The number of nitrogens with two attached hydrogens (primary N) is 2. The Labute approximate surface area is 181 Å². The Hall–Kier alpha value is -2.50. The van der Waals surface area contributed by atoms with Crippen LogP contribution in [0.25, 0.3) is 16.5 Å². The van der Waals surface area contributed by atoms with Crippen LogP contribution in [0.15, 0.2) is 53.9 Å². The number of aromatic nitrogens is 1. The molecular weight excluding hydrogens is 370 g/mol. The van der Waals surface area contributed by atoms with Crippen LogP contribution in [-0.4, -0.2) is 25.1 Å². The van der Waals surface area contributed by atoms with Crippen LogP contribution in [0, 0.1) is 0 Å². The summed E-state index contributed by atoms with van der Waals surface area (Å²) < 4.78 is 0. The number of benzene rings is 1. The number of fused-ring (bicyclic) bond motifs is 1. The first-order valence-corrected chi connectivity index (χ1v) is 11.2. The number of hydrogen-bond acceptors (Lipinski definition) is 4. The largest absolute Gasteiger partial charge is 0.405 e. The SMILES string of the molecule is CC.CNC/C(N)=C(\C=C/N)c1cc2cc(CNCCC3=CCCCC3)ccc2[nH]1. The van der Waals surface area contributed by atoms with Crippen molar-refractivity contribution in [3.63, 3.8) is 0 Å². The minimum atomic E-state index is 0.612. The molecule has 30 heavy (non-hydrogen) atoms. The van der Waals surface area contributed by atoms with E-state index in [0.717, 1.165) is 35.6 Å². The van der Waals surface area contributed by atoms with E-state index >= 15 is 0 Å². The van der Waals surface area contributed by atoms with Crippen LogP contribution in [0.2, 0.25) is 0 Å². The smallest absolute Gasteiger partial charge is 0.0483 e. The maximum absolute atomic E-state index is 6.22. The first-order chi connectivity index (χ1) is 14.7. The summed E-state index contributed by atoms with van der Waals surface area (Å²) in [5.41, 5.74) is 18.5. The van der Waals surface area contributed by atoms with Crippen molar-refractivity contribution < 1.29 is 0 Å². The molecule has 0 unspecified atom stereocenters. The van der Waals surface area contributed by atoms with Gasteiger partial charge in [0.1, 0.15) is 0 Å². The lowest BCUT2D eigenvalue weighted by Gasteiger charge is -2.13. The van der Waals surface area contributed by atoms with E-state index in [1.807, 2.05) is 27.0 Å². The van der Waals surface area contributed by atoms with E-state index in [1.165, 1.54) is 49.3 Å². The van der Waals surface area contributed by atoms with E-state index < -0.39 is 0 Å². The second-order valence-electron chi connectivity index (χ2n) is 7.47. The molecule has 164 valence electrons. The predicted molar refractivity (Wildman–Crippen MR) is 131 cm³/mol. The van der Waals surface area contributed by atoms with Gasteiger partial charge in [0.05, 0.1) is 0 Å². The summed E-state index contributed by atoms with van der Waals surface area (Å²) in [6, 6.07) is 8.69. The van der Waals surface area contributed by atoms with Crippen LogP contribution < -0.4 is 22.1 Å². The van der Waals surface area contributed by atoms with E-state index in [-0.39, 0.29) is 0 Å². The molecular formula is C25H39N5. The highest BCUT2D eigenvalue weighted by Crippen LogP contribution is 2.24. The summed E-state index contributed by atoms with van der Waals surface area (Å²) in [6.07, 6.45) is 12.2. The molecule has 0 amide bonds. The van der Waals surface area contributed by atoms with E-state index in [4.69, 9.17) is 11.5 Å². The highest BCUT2D eigenvalue weighted by molar-refractivity contribution is 5.87.